The largest absolute Gasteiger partial charge is 0.459 e. The number of amides is 2. The van der Waals surface area contributed by atoms with Gasteiger partial charge in [-0.2, -0.15) is 17.7 Å². The van der Waals surface area contributed by atoms with Crippen LogP contribution in [0.25, 0.3) is 0 Å². The van der Waals surface area contributed by atoms with E-state index in [4.69, 9.17) is 4.74 Å². The minimum Gasteiger partial charge on any atom is -0.459 e. The predicted molar refractivity (Wildman–Crippen MR) is 95.8 cm³/mol. The van der Waals surface area contributed by atoms with Crippen LogP contribution in [0.2, 0.25) is 0 Å². The van der Waals surface area contributed by atoms with Crippen molar-refractivity contribution in [2.75, 3.05) is 7.11 Å². The van der Waals surface area contributed by atoms with Crippen LogP contribution < -0.4 is 0 Å². The Kier molecular flexibility index (Phi) is 8.30. The average Bonchev–Trinajstić information content (AvgIpc) is 2.75. The van der Waals surface area contributed by atoms with Crippen molar-refractivity contribution in [1.82, 2.24) is 5.06 Å². The second-order valence-electron chi connectivity index (χ2n) is 7.82. The Morgan fingerprint density at radius 1 is 1.12 bits per heavy atom. The van der Waals surface area contributed by atoms with Crippen LogP contribution in [0.4, 0.5) is 0 Å². The number of carbonyl (C=O) groups is 4. The van der Waals surface area contributed by atoms with Gasteiger partial charge in [0.15, 0.2) is 0 Å². The van der Waals surface area contributed by atoms with E-state index in [-0.39, 0.29) is 24.7 Å². The standard InChI is InChI=1S/C12H22O3S.C5H7NO3/c1-10(2,3)15-9(14)12(6,16)7-11(4,5)8-13;1-9-6-4(7)2-3-5(6)8/h8,16H,7H2,1-6H3;2-3H2,1H3. The van der Waals surface area contributed by atoms with Gasteiger partial charge in [0.1, 0.15) is 16.6 Å². The molecule has 8 heteroatoms. The third kappa shape index (κ3) is 8.49. The van der Waals surface area contributed by atoms with E-state index in [1.54, 1.807) is 41.5 Å². The molecule has 0 radical (unpaired) electrons. The average molecular weight is 375 g/mol. The summed E-state index contributed by atoms with van der Waals surface area (Å²) in [4.78, 5) is 48.3. The van der Waals surface area contributed by atoms with Crippen LogP contribution in [0, 0.1) is 5.41 Å². The van der Waals surface area contributed by atoms with Crippen LogP contribution in [0.3, 0.4) is 0 Å². The molecule has 0 aromatic carbocycles. The van der Waals surface area contributed by atoms with Gasteiger partial charge in [-0.3, -0.25) is 19.2 Å². The molecule has 0 spiro atoms. The van der Waals surface area contributed by atoms with Crippen molar-refractivity contribution in [3.8, 4) is 0 Å². The first-order chi connectivity index (χ1) is 11.1. The van der Waals surface area contributed by atoms with E-state index in [9.17, 15) is 19.2 Å². The van der Waals surface area contributed by atoms with Gasteiger partial charge >= 0.3 is 5.97 Å². The number of aldehydes is 1. The van der Waals surface area contributed by atoms with E-state index in [1.165, 1.54) is 7.11 Å². The fourth-order valence-electron chi connectivity index (χ4n) is 2.15. The van der Waals surface area contributed by atoms with E-state index in [0.717, 1.165) is 11.3 Å². The number of esters is 1. The van der Waals surface area contributed by atoms with E-state index in [2.05, 4.69) is 17.5 Å². The molecule has 1 heterocycles. The second kappa shape index (κ2) is 8.80. The van der Waals surface area contributed by atoms with E-state index in [0.29, 0.717) is 6.42 Å². The van der Waals surface area contributed by atoms with Crippen LogP contribution in [0.5, 0.6) is 0 Å². The summed E-state index contributed by atoms with van der Waals surface area (Å²) in [5.74, 6) is -0.886. The minimum atomic E-state index is -0.947. The van der Waals surface area contributed by atoms with Gasteiger partial charge in [-0.1, -0.05) is 13.8 Å². The Hall–Kier alpha value is -1.41. The molecule has 1 aliphatic heterocycles. The number of imide groups is 1. The van der Waals surface area contributed by atoms with E-state index >= 15 is 0 Å². The van der Waals surface area contributed by atoms with Crippen LogP contribution in [0.1, 0.15) is 60.8 Å². The number of hydrogen-bond acceptors (Lipinski definition) is 7. The lowest BCUT2D eigenvalue weighted by Crippen LogP contribution is -2.40. The smallest absolute Gasteiger partial charge is 0.322 e. The summed E-state index contributed by atoms with van der Waals surface area (Å²) >= 11 is 4.31. The highest BCUT2D eigenvalue weighted by molar-refractivity contribution is 7.82. The zero-order valence-corrected chi connectivity index (χ0v) is 16.9. The van der Waals surface area contributed by atoms with Gasteiger partial charge in [0, 0.05) is 18.3 Å². The van der Waals surface area contributed by atoms with Gasteiger partial charge in [-0.05, 0) is 34.1 Å². The Labute approximate surface area is 154 Å². The summed E-state index contributed by atoms with van der Waals surface area (Å²) in [7, 11) is 1.31. The molecule has 1 atom stereocenters. The van der Waals surface area contributed by atoms with Crippen molar-refractivity contribution >= 4 is 36.7 Å². The van der Waals surface area contributed by atoms with Crippen LogP contribution in [-0.2, 0) is 28.8 Å². The predicted octanol–water partition coefficient (Wildman–Crippen LogP) is 2.33. The summed E-state index contributed by atoms with van der Waals surface area (Å²) in [6.45, 7) is 10.6. The monoisotopic (exact) mass is 375 g/mol. The molecule has 2 amide bonds. The van der Waals surface area contributed by atoms with Crippen molar-refractivity contribution in [2.45, 2.75) is 71.2 Å². The molecule has 0 saturated carbocycles. The molecule has 0 N–H and O–H groups in total. The first-order valence-electron chi connectivity index (χ1n) is 7.97. The summed E-state index contributed by atoms with van der Waals surface area (Å²) in [5, 5.41) is 0.792. The lowest BCUT2D eigenvalue weighted by molar-refractivity contribution is -0.179. The first-order valence-corrected chi connectivity index (χ1v) is 8.42. The number of hydroxylamine groups is 2. The van der Waals surface area contributed by atoms with Gasteiger partial charge in [-0.25, -0.2) is 0 Å². The molecule has 1 unspecified atom stereocenters. The molecule has 1 fully saturated rings. The maximum Gasteiger partial charge on any atom is 0.322 e. The second-order valence-corrected chi connectivity index (χ2v) is 8.81. The van der Waals surface area contributed by atoms with Gasteiger partial charge in [0.25, 0.3) is 11.8 Å². The highest BCUT2D eigenvalue weighted by Crippen LogP contribution is 2.32. The lowest BCUT2D eigenvalue weighted by atomic mass is 9.84. The molecule has 25 heavy (non-hydrogen) atoms. The van der Waals surface area contributed by atoms with Crippen LogP contribution >= 0.6 is 12.6 Å². The number of rotatable bonds is 5. The topological polar surface area (TPSA) is 90.0 Å². The fourth-order valence-corrected chi connectivity index (χ4v) is 2.60. The maximum atomic E-state index is 11.9. The SMILES string of the molecule is CC(C)(C=O)CC(C)(S)C(=O)OC(C)(C)C.CON1C(=O)CCC1=O. The molecule has 7 nitrogen and oxygen atoms in total. The third-order valence-corrected chi connectivity index (χ3v) is 3.49. The summed E-state index contributed by atoms with van der Waals surface area (Å²) in [5.41, 5.74) is -1.11. The quantitative estimate of drug-likeness (QED) is 0.343. The summed E-state index contributed by atoms with van der Waals surface area (Å²) in [6.07, 6.45) is 1.76. The first kappa shape index (κ1) is 23.6. The molecule has 0 bridgehead atoms. The minimum absolute atomic E-state index is 0.248. The highest BCUT2D eigenvalue weighted by atomic mass is 32.1. The molecule has 1 aliphatic rings. The Morgan fingerprint density at radius 3 is 1.84 bits per heavy atom. The van der Waals surface area contributed by atoms with Crippen molar-refractivity contribution in [3.63, 3.8) is 0 Å². The maximum absolute atomic E-state index is 11.9. The fraction of sp³-hybridized carbons (Fsp3) is 0.765. The van der Waals surface area contributed by atoms with Crippen molar-refractivity contribution in [2.24, 2.45) is 5.41 Å². The van der Waals surface area contributed by atoms with Gasteiger partial charge < -0.3 is 9.53 Å². The van der Waals surface area contributed by atoms with Crippen molar-refractivity contribution in [1.29, 1.82) is 0 Å². The zero-order chi connectivity index (χ0) is 20.1. The molecule has 0 aromatic heterocycles. The highest BCUT2D eigenvalue weighted by Gasteiger charge is 2.38. The van der Waals surface area contributed by atoms with Gasteiger partial charge in [0.2, 0.25) is 0 Å². The van der Waals surface area contributed by atoms with Crippen molar-refractivity contribution < 1.29 is 28.8 Å². The molecule has 0 aliphatic carbocycles. The normalized spacial score (nSPS) is 17.5. The third-order valence-electron chi connectivity index (χ3n) is 3.15. The Balaban J connectivity index is 0.000000535. The van der Waals surface area contributed by atoms with Gasteiger partial charge in [-0.15, -0.1) is 0 Å². The Morgan fingerprint density at radius 2 is 1.56 bits per heavy atom. The number of thiol groups is 1. The molecule has 144 valence electrons. The molecule has 0 aromatic rings. The van der Waals surface area contributed by atoms with Crippen molar-refractivity contribution in [3.05, 3.63) is 0 Å². The molecule has 1 saturated heterocycles. The molecule has 1 rings (SSSR count). The molecular weight excluding hydrogens is 346 g/mol. The summed E-state index contributed by atoms with van der Waals surface area (Å²) < 4.78 is 4.31. The Bertz CT molecular complexity index is 506. The molecular formula is C17H29NO6S. The van der Waals surface area contributed by atoms with Crippen LogP contribution in [-0.4, -0.2) is 46.6 Å². The lowest BCUT2D eigenvalue weighted by Gasteiger charge is -2.31. The number of carbonyl (C=O) groups excluding carboxylic acids is 4. The van der Waals surface area contributed by atoms with E-state index in [1.807, 2.05) is 0 Å². The number of nitrogens with zero attached hydrogens (tertiary/aromatic N) is 1. The van der Waals surface area contributed by atoms with E-state index < -0.39 is 21.7 Å². The number of hydrogen-bond donors (Lipinski definition) is 1. The summed E-state index contributed by atoms with van der Waals surface area (Å²) in [6, 6.07) is 0. The zero-order valence-electron chi connectivity index (χ0n) is 16.0. The number of ether oxygens (including phenoxy) is 1. The van der Waals surface area contributed by atoms with Gasteiger partial charge in [0.05, 0.1) is 7.11 Å². The van der Waals surface area contributed by atoms with Crippen LogP contribution in [0.15, 0.2) is 0 Å².